The van der Waals surface area contributed by atoms with Crippen molar-refractivity contribution >= 4 is 5.91 Å². The molecule has 1 atom stereocenters. The zero-order valence-electron chi connectivity index (χ0n) is 13.9. The number of piperazine rings is 1. The van der Waals surface area contributed by atoms with E-state index in [4.69, 9.17) is 4.74 Å². The molecule has 2 aliphatic rings. The molecule has 0 aromatic carbocycles. The lowest BCUT2D eigenvalue weighted by Gasteiger charge is -2.38. The molecule has 23 heavy (non-hydrogen) atoms. The van der Waals surface area contributed by atoms with E-state index >= 15 is 0 Å². The number of carbonyl (C=O) groups excluding carboxylic acids is 1. The summed E-state index contributed by atoms with van der Waals surface area (Å²) in [6.45, 7) is 9.44. The monoisotopic (exact) mass is 318 g/mol. The van der Waals surface area contributed by atoms with Crippen LogP contribution < -0.4 is 0 Å². The smallest absolute Gasteiger partial charge is 0.236 e. The average molecular weight is 318 g/mol. The molecule has 0 aliphatic carbocycles. The van der Waals surface area contributed by atoms with E-state index < -0.39 is 0 Å². The van der Waals surface area contributed by atoms with Crippen molar-refractivity contribution in [3.05, 3.63) is 30.1 Å². The Labute approximate surface area is 138 Å². The molecular formula is C17H26N4O2. The fourth-order valence-electron chi connectivity index (χ4n) is 3.25. The van der Waals surface area contributed by atoms with Crippen molar-refractivity contribution in [1.82, 2.24) is 19.7 Å². The standard InChI is InChI=1S/C17H26N4O2/c1-15(16-3-2-4-18-13-16)20-7-5-19(6-8-20)14-17(22)21-9-11-23-12-10-21/h2-4,13,15H,5-12,14H2,1H3. The second kappa shape index (κ2) is 7.86. The first kappa shape index (κ1) is 16.4. The highest BCUT2D eigenvalue weighted by Gasteiger charge is 2.25. The van der Waals surface area contributed by atoms with Crippen LogP contribution in [-0.4, -0.2) is 84.6 Å². The molecule has 3 rings (SSSR count). The molecule has 126 valence electrons. The van der Waals surface area contributed by atoms with Gasteiger partial charge in [0.05, 0.1) is 19.8 Å². The zero-order chi connectivity index (χ0) is 16.1. The number of hydrogen-bond acceptors (Lipinski definition) is 5. The van der Waals surface area contributed by atoms with E-state index in [0.717, 1.165) is 39.3 Å². The number of amides is 1. The number of ether oxygens (including phenoxy) is 1. The summed E-state index contributed by atoms with van der Waals surface area (Å²) in [4.78, 5) is 23.2. The largest absolute Gasteiger partial charge is 0.378 e. The lowest BCUT2D eigenvalue weighted by atomic mass is 10.1. The van der Waals surface area contributed by atoms with Gasteiger partial charge in [0.2, 0.25) is 5.91 Å². The van der Waals surface area contributed by atoms with Crippen LogP contribution in [0.5, 0.6) is 0 Å². The molecular weight excluding hydrogens is 292 g/mol. The lowest BCUT2D eigenvalue weighted by Crippen LogP contribution is -2.51. The van der Waals surface area contributed by atoms with E-state index in [2.05, 4.69) is 27.8 Å². The van der Waals surface area contributed by atoms with E-state index in [1.807, 2.05) is 23.4 Å². The maximum Gasteiger partial charge on any atom is 0.236 e. The quantitative estimate of drug-likeness (QED) is 0.814. The zero-order valence-corrected chi connectivity index (χ0v) is 13.9. The molecule has 6 nitrogen and oxygen atoms in total. The normalized spacial score (nSPS) is 22.0. The first-order valence-electron chi connectivity index (χ1n) is 8.46. The first-order valence-corrected chi connectivity index (χ1v) is 8.46. The van der Waals surface area contributed by atoms with Crippen molar-refractivity contribution in [2.45, 2.75) is 13.0 Å². The van der Waals surface area contributed by atoms with Crippen molar-refractivity contribution in [1.29, 1.82) is 0 Å². The van der Waals surface area contributed by atoms with Crippen molar-refractivity contribution < 1.29 is 9.53 Å². The molecule has 1 aromatic rings. The van der Waals surface area contributed by atoms with Crippen molar-refractivity contribution in [3.63, 3.8) is 0 Å². The number of morpholine rings is 1. The SMILES string of the molecule is CC(c1cccnc1)N1CCN(CC(=O)N2CCOCC2)CC1. The number of nitrogens with zero attached hydrogens (tertiary/aromatic N) is 4. The third-order valence-electron chi connectivity index (χ3n) is 4.84. The van der Waals surface area contributed by atoms with Crippen molar-refractivity contribution in [2.24, 2.45) is 0 Å². The van der Waals surface area contributed by atoms with Gasteiger partial charge in [-0.05, 0) is 18.6 Å². The van der Waals surface area contributed by atoms with Gasteiger partial charge in [0.25, 0.3) is 0 Å². The Bertz CT molecular complexity index is 497. The average Bonchev–Trinajstić information content (AvgIpc) is 2.63. The molecule has 0 spiro atoms. The minimum absolute atomic E-state index is 0.238. The Morgan fingerprint density at radius 1 is 1.22 bits per heavy atom. The predicted molar refractivity (Wildman–Crippen MR) is 88.1 cm³/mol. The van der Waals surface area contributed by atoms with Crippen LogP contribution in [0.25, 0.3) is 0 Å². The first-order chi connectivity index (χ1) is 11.2. The van der Waals surface area contributed by atoms with Crippen LogP contribution in [0.1, 0.15) is 18.5 Å². The highest BCUT2D eigenvalue weighted by atomic mass is 16.5. The van der Waals surface area contributed by atoms with Crippen molar-refractivity contribution in [3.8, 4) is 0 Å². The Morgan fingerprint density at radius 2 is 1.96 bits per heavy atom. The Hall–Kier alpha value is -1.50. The van der Waals surface area contributed by atoms with E-state index in [1.165, 1.54) is 5.56 Å². The molecule has 1 aromatic heterocycles. The summed E-state index contributed by atoms with van der Waals surface area (Å²) in [7, 11) is 0. The van der Waals surface area contributed by atoms with Gasteiger partial charge >= 0.3 is 0 Å². The molecule has 3 heterocycles. The van der Waals surface area contributed by atoms with Crippen LogP contribution in [-0.2, 0) is 9.53 Å². The van der Waals surface area contributed by atoms with Crippen LogP contribution in [0.4, 0.5) is 0 Å². The highest BCUT2D eigenvalue weighted by molar-refractivity contribution is 5.78. The van der Waals surface area contributed by atoms with Crippen LogP contribution >= 0.6 is 0 Å². The molecule has 0 N–H and O–H groups in total. The Morgan fingerprint density at radius 3 is 2.61 bits per heavy atom. The number of rotatable bonds is 4. The summed E-state index contributed by atoms with van der Waals surface area (Å²) in [5, 5.41) is 0. The predicted octanol–water partition coefficient (Wildman–Crippen LogP) is 0.619. The van der Waals surface area contributed by atoms with Gasteiger partial charge in [0, 0.05) is 57.7 Å². The summed E-state index contributed by atoms with van der Waals surface area (Å²) in [5.74, 6) is 0.238. The van der Waals surface area contributed by atoms with Gasteiger partial charge in [-0.15, -0.1) is 0 Å². The lowest BCUT2D eigenvalue weighted by molar-refractivity contribution is -0.137. The van der Waals surface area contributed by atoms with Crippen LogP contribution in [0.15, 0.2) is 24.5 Å². The fourth-order valence-corrected chi connectivity index (χ4v) is 3.25. The summed E-state index contributed by atoms with van der Waals surface area (Å²) in [6, 6.07) is 4.50. The van der Waals surface area contributed by atoms with Crippen LogP contribution in [0.2, 0.25) is 0 Å². The third kappa shape index (κ3) is 4.28. The van der Waals surface area contributed by atoms with Crippen LogP contribution in [0, 0.1) is 0 Å². The molecule has 0 saturated carbocycles. The molecule has 1 amide bonds. The molecule has 2 fully saturated rings. The minimum Gasteiger partial charge on any atom is -0.378 e. The van der Waals surface area contributed by atoms with E-state index in [-0.39, 0.29) is 5.91 Å². The Kier molecular flexibility index (Phi) is 5.59. The third-order valence-corrected chi connectivity index (χ3v) is 4.84. The molecule has 2 aliphatic heterocycles. The van der Waals surface area contributed by atoms with Gasteiger partial charge in [0.1, 0.15) is 0 Å². The molecule has 0 radical (unpaired) electrons. The topological polar surface area (TPSA) is 48.9 Å². The molecule has 1 unspecified atom stereocenters. The number of carbonyl (C=O) groups is 1. The van der Waals surface area contributed by atoms with Crippen LogP contribution in [0.3, 0.4) is 0 Å². The highest BCUT2D eigenvalue weighted by Crippen LogP contribution is 2.20. The van der Waals surface area contributed by atoms with Gasteiger partial charge in [-0.1, -0.05) is 6.07 Å². The van der Waals surface area contributed by atoms with Gasteiger partial charge in [-0.2, -0.15) is 0 Å². The molecule has 2 saturated heterocycles. The van der Waals surface area contributed by atoms with E-state index in [9.17, 15) is 4.79 Å². The summed E-state index contributed by atoms with van der Waals surface area (Å²) >= 11 is 0. The molecule has 6 heteroatoms. The van der Waals surface area contributed by atoms with Gasteiger partial charge in [-0.3, -0.25) is 19.6 Å². The fraction of sp³-hybridized carbons (Fsp3) is 0.647. The van der Waals surface area contributed by atoms with E-state index in [0.29, 0.717) is 25.8 Å². The van der Waals surface area contributed by atoms with Gasteiger partial charge < -0.3 is 9.64 Å². The van der Waals surface area contributed by atoms with Gasteiger partial charge in [-0.25, -0.2) is 0 Å². The summed E-state index contributed by atoms with van der Waals surface area (Å²) in [5.41, 5.74) is 1.25. The minimum atomic E-state index is 0.238. The maximum absolute atomic E-state index is 12.3. The number of hydrogen-bond donors (Lipinski definition) is 0. The number of pyridine rings is 1. The second-order valence-corrected chi connectivity index (χ2v) is 6.27. The number of aromatic nitrogens is 1. The van der Waals surface area contributed by atoms with E-state index in [1.54, 1.807) is 0 Å². The summed E-state index contributed by atoms with van der Waals surface area (Å²) < 4.78 is 5.30. The maximum atomic E-state index is 12.3. The molecule has 0 bridgehead atoms. The van der Waals surface area contributed by atoms with Crippen molar-refractivity contribution in [2.75, 3.05) is 59.0 Å². The second-order valence-electron chi connectivity index (χ2n) is 6.27. The summed E-state index contributed by atoms with van der Waals surface area (Å²) in [6.07, 6.45) is 3.75. The Balaban J connectivity index is 1.45. The van der Waals surface area contributed by atoms with Gasteiger partial charge in [0.15, 0.2) is 0 Å².